The van der Waals surface area contributed by atoms with Crippen molar-refractivity contribution in [3.05, 3.63) is 508 Å². The summed E-state index contributed by atoms with van der Waals surface area (Å²) in [4.78, 5) is 56.5. The molecule has 0 saturated heterocycles. The van der Waals surface area contributed by atoms with Crippen LogP contribution in [0.15, 0.2) is 552 Å². The highest BCUT2D eigenvalue weighted by Gasteiger charge is 2.33. The first kappa shape index (κ1) is 115. The van der Waals surface area contributed by atoms with Gasteiger partial charge in [0.25, 0.3) is 0 Å². The van der Waals surface area contributed by atoms with Gasteiger partial charge in [-0.25, -0.2) is 70.4 Å². The van der Waals surface area contributed by atoms with Crippen molar-refractivity contribution in [2.24, 2.45) is 0 Å². The molecule has 146 heavy (non-hydrogen) atoms. The van der Waals surface area contributed by atoms with Gasteiger partial charge in [-0.15, -0.1) is 0 Å². The van der Waals surface area contributed by atoms with Crippen molar-refractivity contribution >= 4 is 108 Å². The van der Waals surface area contributed by atoms with Crippen LogP contribution < -0.4 is 18.9 Å². The maximum Gasteiger partial charge on any atom is 0.338 e. The standard InChI is InChI=1S/4C18H15S.C11H12O5S.2C10H8F2O5S.C10H9FO5S/c4*1-4-10-16(11-5-1)19(17-12-6-2-7-13-17)18-14-8-3-9-15-18;1-7(2)11(12)16-9-4-5-10(8(3)6-9)17(13,14)15;1-5(2)10(13)17-6-3-7(11)9(8(12)4-6)18(14,15)16;1-5(2)10(13)17-6-3-4-7(18(14,15)16)9(12)8(6)11;1-6(2)10(12)16-7-3-4-9(8(11)5-7)17(13,14)15/h4*1-15H;4-6H,1H2,2-3H3,(H,13,14,15);2*3-4H,1H2,2H3,(H,14,15,16);3-5H,1H2,2H3,(H,13,14,15)/q4*+1;;;;/p-4. The topological polar surface area (TPSA) is 334 Å². The maximum absolute atomic E-state index is 13.3. The highest BCUT2D eigenvalue weighted by Crippen LogP contribution is 2.37. The van der Waals surface area contributed by atoms with Gasteiger partial charge in [-0.1, -0.05) is 245 Å². The Labute approximate surface area is 857 Å². The summed E-state index contributed by atoms with van der Waals surface area (Å²) in [5, 5.41) is 0. The second kappa shape index (κ2) is 55.8. The Balaban J connectivity index is 0.000000186. The Morgan fingerprint density at radius 2 is 0.425 bits per heavy atom. The van der Waals surface area contributed by atoms with Gasteiger partial charge in [0.05, 0.1) is 58.3 Å². The van der Waals surface area contributed by atoms with Gasteiger partial charge in [0.1, 0.15) is 80.1 Å². The molecule has 0 aliphatic heterocycles. The predicted octanol–water partition coefficient (Wildman–Crippen LogP) is 24.4. The highest BCUT2D eigenvalue weighted by molar-refractivity contribution is 7.98. The van der Waals surface area contributed by atoms with Gasteiger partial charge in [-0.05, 0) is 228 Å². The minimum Gasteiger partial charge on any atom is -0.744 e. The molecule has 16 aromatic carbocycles. The average molecular weight is 2120 g/mol. The molecule has 0 spiro atoms. The molecule has 0 fully saturated rings. The molecule has 0 heterocycles. The number of carbonyl (C=O) groups excluding carboxylic acids is 4. The van der Waals surface area contributed by atoms with Gasteiger partial charge in [0.15, 0.2) is 70.3 Å². The fourth-order valence-electron chi connectivity index (χ4n) is 12.4. The number of aryl methyl sites for hydroxylation is 1. The molecule has 748 valence electrons. The summed E-state index contributed by atoms with van der Waals surface area (Å²) in [6.45, 7) is 20.1. The summed E-state index contributed by atoms with van der Waals surface area (Å²) in [6.07, 6.45) is 0. The van der Waals surface area contributed by atoms with E-state index >= 15 is 0 Å². The van der Waals surface area contributed by atoms with E-state index in [1.807, 2.05) is 0 Å². The van der Waals surface area contributed by atoms with Crippen molar-refractivity contribution in [1.82, 2.24) is 0 Å². The van der Waals surface area contributed by atoms with Crippen LogP contribution in [0.25, 0.3) is 0 Å². The zero-order valence-electron chi connectivity index (χ0n) is 78.6. The lowest BCUT2D eigenvalue weighted by Gasteiger charge is -2.11. The van der Waals surface area contributed by atoms with E-state index in [4.69, 9.17) is 4.74 Å². The third kappa shape index (κ3) is 35.5. The normalized spacial score (nSPS) is 10.8. The zero-order valence-corrected chi connectivity index (χ0v) is 85.1. The first-order chi connectivity index (χ1) is 69.5. The lowest BCUT2D eigenvalue weighted by atomic mass is 10.2. The number of esters is 4. The van der Waals surface area contributed by atoms with Crippen LogP contribution in [0.5, 0.6) is 23.0 Å². The van der Waals surface area contributed by atoms with Crippen molar-refractivity contribution in [1.29, 1.82) is 0 Å². The van der Waals surface area contributed by atoms with Crippen molar-refractivity contribution < 1.29 is 112 Å². The summed E-state index contributed by atoms with van der Waals surface area (Å²) in [6, 6.07) is 137. The molecular formula is C113H93F5O20S8. The van der Waals surface area contributed by atoms with E-state index < -0.39 is 120 Å². The lowest BCUT2D eigenvalue weighted by molar-refractivity contribution is -0.131. The van der Waals surface area contributed by atoms with Crippen LogP contribution in [0, 0.1) is 36.0 Å². The molecule has 0 N–H and O–H groups in total. The number of halogens is 5. The summed E-state index contributed by atoms with van der Waals surface area (Å²) >= 11 is 0. The van der Waals surface area contributed by atoms with Crippen molar-refractivity contribution in [2.45, 2.75) is 113 Å². The largest absolute Gasteiger partial charge is 0.744 e. The molecular weight excluding hydrogens is 2030 g/mol. The number of rotatable bonds is 24. The van der Waals surface area contributed by atoms with Crippen LogP contribution in [0.4, 0.5) is 22.0 Å². The number of carbonyl (C=O) groups is 4. The van der Waals surface area contributed by atoms with Gasteiger partial charge in [0, 0.05) is 40.5 Å². The number of hydrogen-bond acceptors (Lipinski definition) is 20. The van der Waals surface area contributed by atoms with E-state index in [0.29, 0.717) is 30.3 Å². The van der Waals surface area contributed by atoms with E-state index in [1.54, 1.807) is 0 Å². The number of ether oxygens (including phenoxy) is 4. The fraction of sp³-hybridized carbons (Fsp3) is 0.0442. The Hall–Kier alpha value is -15.0. The van der Waals surface area contributed by atoms with E-state index in [-0.39, 0.29) is 87.8 Å². The van der Waals surface area contributed by atoms with E-state index in [1.165, 1.54) is 105 Å². The third-order valence-corrected chi connectivity index (χ3v) is 31.6. The monoisotopic (exact) mass is 2120 g/mol. The summed E-state index contributed by atoms with van der Waals surface area (Å²) in [7, 11) is -19.9. The highest BCUT2D eigenvalue weighted by atomic mass is 32.2. The van der Waals surface area contributed by atoms with Crippen molar-refractivity contribution in [3.8, 4) is 23.0 Å². The summed E-state index contributed by atoms with van der Waals surface area (Å²) in [5.41, 5.74) is 0.479. The molecule has 33 heteroatoms. The Morgan fingerprint density at radius 1 is 0.233 bits per heavy atom. The third-order valence-electron chi connectivity index (χ3n) is 19.1. The Bertz CT molecular complexity index is 6640. The van der Waals surface area contributed by atoms with Gasteiger partial charge in [0.2, 0.25) is 5.82 Å². The molecule has 0 aliphatic carbocycles. The van der Waals surface area contributed by atoms with Crippen LogP contribution in [-0.4, -0.2) is 75.8 Å². The molecule has 20 nitrogen and oxygen atoms in total. The molecule has 0 aromatic heterocycles. The summed E-state index contributed by atoms with van der Waals surface area (Å²) < 4.78 is 212. The zero-order chi connectivity index (χ0) is 106. The van der Waals surface area contributed by atoms with Gasteiger partial charge in [-0.3, -0.25) is 0 Å². The van der Waals surface area contributed by atoms with Gasteiger partial charge >= 0.3 is 23.9 Å². The van der Waals surface area contributed by atoms with Crippen LogP contribution in [0.3, 0.4) is 0 Å². The first-order valence-electron chi connectivity index (χ1n) is 43.3. The smallest absolute Gasteiger partial charge is 0.338 e. The number of hydrogen-bond donors (Lipinski definition) is 0. The van der Waals surface area contributed by atoms with E-state index in [9.17, 15) is 93.0 Å². The molecule has 0 unspecified atom stereocenters. The van der Waals surface area contributed by atoms with Crippen molar-refractivity contribution in [2.75, 3.05) is 0 Å². The Morgan fingerprint density at radius 3 is 0.623 bits per heavy atom. The second-order valence-electron chi connectivity index (χ2n) is 30.4. The Kier molecular flexibility index (Phi) is 43.8. The molecule has 0 saturated carbocycles. The minimum absolute atomic E-state index is 0.0146. The molecule has 16 rings (SSSR count). The van der Waals surface area contributed by atoms with Crippen LogP contribution in [-0.2, 0) is 103 Å². The molecule has 0 amide bonds. The summed E-state index contributed by atoms with van der Waals surface area (Å²) in [5.74, 6) is -12.9. The fourth-order valence-corrected chi connectivity index (χ4v) is 23.2. The van der Waals surface area contributed by atoms with Gasteiger partial charge in [-0.2, -0.15) is 4.39 Å². The molecule has 0 aliphatic rings. The SMILES string of the molecule is C=C(C)C(=O)Oc1cc(F)c(S(=O)(=O)[O-])c(F)c1.C=C(C)C(=O)Oc1ccc(S(=O)(=O)[O-])c(C)c1.C=C(C)C(=O)Oc1ccc(S(=O)(=O)[O-])c(F)c1.C=C(C)C(=O)Oc1ccc(S(=O)(=O)[O-])c(F)c1F.c1ccc([S+](c2ccccc2)c2ccccc2)cc1.c1ccc([S+](c2ccccc2)c2ccccc2)cc1.c1ccc([S+](c2ccccc2)c2ccccc2)cc1.c1ccc([S+](c2ccccc2)c2ccccc2)cc1. The van der Waals surface area contributed by atoms with E-state index in [0.717, 1.165) is 18.2 Å². The average Bonchev–Trinajstić information content (AvgIpc) is 0.797. The maximum atomic E-state index is 13.3. The van der Waals surface area contributed by atoms with Gasteiger partial charge < -0.3 is 37.2 Å². The van der Waals surface area contributed by atoms with Crippen LogP contribution in [0.2, 0.25) is 0 Å². The molecule has 0 radical (unpaired) electrons. The molecule has 0 bridgehead atoms. The second-order valence-corrected chi connectivity index (χ2v) is 43.9. The quantitative estimate of drug-likeness (QED) is 0.0135. The van der Waals surface area contributed by atoms with E-state index in [2.05, 4.69) is 405 Å². The molecule has 16 aromatic rings. The first-order valence-corrected chi connectivity index (χ1v) is 53.8. The van der Waals surface area contributed by atoms with Crippen LogP contribution >= 0.6 is 0 Å². The predicted molar refractivity (Wildman–Crippen MR) is 550 cm³/mol. The lowest BCUT2D eigenvalue weighted by Crippen LogP contribution is -2.11. The molecule has 0 atom stereocenters. The van der Waals surface area contributed by atoms with Crippen molar-refractivity contribution in [3.63, 3.8) is 0 Å². The minimum atomic E-state index is -5.28. The van der Waals surface area contributed by atoms with Crippen LogP contribution in [0.1, 0.15) is 33.3 Å². The number of benzene rings is 16.